The molecule has 1 heterocycles. The molecule has 0 aliphatic rings. The first-order valence-corrected chi connectivity index (χ1v) is 8.09. The van der Waals surface area contributed by atoms with Crippen LogP contribution >= 0.6 is 0 Å². The molecule has 2 heteroatoms. The SMILES string of the molecule is C=C(c1ccc(C(=O)c2ccccc2)cc1)c1ccc2occc2c1. The first-order chi connectivity index (χ1) is 12.2. The molecule has 0 amide bonds. The van der Waals surface area contributed by atoms with Crippen molar-refractivity contribution < 1.29 is 9.21 Å². The number of rotatable bonds is 4. The molecule has 0 atom stereocenters. The smallest absolute Gasteiger partial charge is 0.193 e. The van der Waals surface area contributed by atoms with Gasteiger partial charge in [0, 0.05) is 16.5 Å². The normalized spacial score (nSPS) is 10.7. The molecular weight excluding hydrogens is 308 g/mol. The van der Waals surface area contributed by atoms with Gasteiger partial charge in [0.2, 0.25) is 0 Å². The molecule has 4 rings (SSSR count). The molecule has 0 saturated heterocycles. The molecule has 0 radical (unpaired) electrons. The van der Waals surface area contributed by atoms with E-state index in [9.17, 15) is 4.79 Å². The molecule has 4 aromatic rings. The van der Waals surface area contributed by atoms with Crippen LogP contribution < -0.4 is 0 Å². The molecule has 3 aromatic carbocycles. The highest BCUT2D eigenvalue weighted by Crippen LogP contribution is 2.26. The van der Waals surface area contributed by atoms with Gasteiger partial charge in [0.15, 0.2) is 5.78 Å². The topological polar surface area (TPSA) is 30.2 Å². The van der Waals surface area contributed by atoms with Gasteiger partial charge >= 0.3 is 0 Å². The van der Waals surface area contributed by atoms with Crippen LogP contribution in [0.5, 0.6) is 0 Å². The lowest BCUT2D eigenvalue weighted by Gasteiger charge is -2.08. The van der Waals surface area contributed by atoms with E-state index in [0.717, 1.165) is 27.7 Å². The Morgan fingerprint density at radius 1 is 0.720 bits per heavy atom. The maximum absolute atomic E-state index is 12.5. The second-order valence-electron chi connectivity index (χ2n) is 5.92. The van der Waals surface area contributed by atoms with Gasteiger partial charge in [0.1, 0.15) is 5.58 Å². The second-order valence-corrected chi connectivity index (χ2v) is 5.92. The molecule has 2 nitrogen and oxygen atoms in total. The quantitative estimate of drug-likeness (QED) is 0.449. The molecule has 0 spiro atoms. The van der Waals surface area contributed by atoms with Crippen LogP contribution in [-0.4, -0.2) is 5.78 Å². The Morgan fingerprint density at radius 2 is 1.36 bits per heavy atom. The summed E-state index contributed by atoms with van der Waals surface area (Å²) in [4.78, 5) is 12.5. The number of hydrogen-bond donors (Lipinski definition) is 0. The molecular formula is C23H16O2. The lowest BCUT2D eigenvalue weighted by Crippen LogP contribution is -2.00. The van der Waals surface area contributed by atoms with Crippen molar-refractivity contribution in [3.8, 4) is 0 Å². The molecule has 0 N–H and O–H groups in total. The van der Waals surface area contributed by atoms with Gasteiger partial charge in [0.25, 0.3) is 0 Å². The van der Waals surface area contributed by atoms with Gasteiger partial charge in [-0.3, -0.25) is 4.79 Å². The minimum Gasteiger partial charge on any atom is -0.464 e. The molecule has 25 heavy (non-hydrogen) atoms. The number of furan rings is 1. The predicted molar refractivity (Wildman–Crippen MR) is 101 cm³/mol. The van der Waals surface area contributed by atoms with Gasteiger partial charge in [-0.15, -0.1) is 0 Å². The van der Waals surface area contributed by atoms with Crippen LogP contribution in [0.2, 0.25) is 0 Å². The summed E-state index contributed by atoms with van der Waals surface area (Å²) >= 11 is 0. The summed E-state index contributed by atoms with van der Waals surface area (Å²) in [7, 11) is 0. The van der Waals surface area contributed by atoms with E-state index in [4.69, 9.17) is 4.42 Å². The van der Waals surface area contributed by atoms with Crippen molar-refractivity contribution in [2.45, 2.75) is 0 Å². The summed E-state index contributed by atoms with van der Waals surface area (Å²) in [6.07, 6.45) is 1.68. The minimum atomic E-state index is 0.0255. The number of ketones is 1. The fourth-order valence-electron chi connectivity index (χ4n) is 2.90. The van der Waals surface area contributed by atoms with E-state index in [1.54, 1.807) is 6.26 Å². The molecule has 0 saturated carbocycles. The molecule has 0 bridgehead atoms. The average molecular weight is 324 g/mol. The monoisotopic (exact) mass is 324 g/mol. The van der Waals surface area contributed by atoms with Gasteiger partial charge in [-0.2, -0.15) is 0 Å². The highest BCUT2D eigenvalue weighted by molar-refractivity contribution is 6.09. The zero-order chi connectivity index (χ0) is 17.2. The van der Waals surface area contributed by atoms with Crippen molar-refractivity contribution in [2.75, 3.05) is 0 Å². The van der Waals surface area contributed by atoms with Gasteiger partial charge in [-0.1, -0.05) is 67.2 Å². The Kier molecular flexibility index (Phi) is 3.79. The Bertz CT molecular complexity index is 1050. The summed E-state index contributed by atoms with van der Waals surface area (Å²) in [5.41, 5.74) is 5.18. The zero-order valence-corrected chi connectivity index (χ0v) is 13.6. The maximum Gasteiger partial charge on any atom is 0.193 e. The number of fused-ring (bicyclic) bond motifs is 1. The van der Waals surface area contributed by atoms with Crippen molar-refractivity contribution in [3.63, 3.8) is 0 Å². The molecule has 120 valence electrons. The molecule has 0 fully saturated rings. The van der Waals surface area contributed by atoms with Crippen LogP contribution in [0.3, 0.4) is 0 Å². The summed E-state index contributed by atoms with van der Waals surface area (Å²) in [5.74, 6) is 0.0255. The van der Waals surface area contributed by atoms with Crippen LogP contribution in [0.4, 0.5) is 0 Å². The number of carbonyl (C=O) groups is 1. The first kappa shape index (κ1) is 15.2. The fraction of sp³-hybridized carbons (Fsp3) is 0. The van der Waals surface area contributed by atoms with E-state index in [1.165, 1.54) is 0 Å². The Balaban J connectivity index is 1.61. The predicted octanol–water partition coefficient (Wildman–Crippen LogP) is 5.73. The van der Waals surface area contributed by atoms with Crippen molar-refractivity contribution in [1.82, 2.24) is 0 Å². The third-order valence-corrected chi connectivity index (χ3v) is 4.33. The lowest BCUT2D eigenvalue weighted by atomic mass is 9.96. The Hall–Kier alpha value is -3.39. The number of benzene rings is 3. The summed E-state index contributed by atoms with van der Waals surface area (Å²) in [6, 6.07) is 24.8. The van der Waals surface area contributed by atoms with Crippen molar-refractivity contribution in [1.29, 1.82) is 0 Å². The number of carbonyl (C=O) groups excluding carboxylic acids is 1. The first-order valence-electron chi connectivity index (χ1n) is 8.09. The summed E-state index contributed by atoms with van der Waals surface area (Å²) < 4.78 is 5.38. The van der Waals surface area contributed by atoms with Gasteiger partial charge in [-0.05, 0) is 34.9 Å². The van der Waals surface area contributed by atoms with E-state index < -0.39 is 0 Å². The average Bonchev–Trinajstić information content (AvgIpc) is 3.15. The van der Waals surface area contributed by atoms with Crippen LogP contribution in [0.25, 0.3) is 16.5 Å². The lowest BCUT2D eigenvalue weighted by molar-refractivity contribution is 0.103. The third kappa shape index (κ3) is 2.90. The van der Waals surface area contributed by atoms with E-state index >= 15 is 0 Å². The number of hydrogen-bond acceptors (Lipinski definition) is 2. The Labute approximate surface area is 146 Å². The Morgan fingerprint density at radius 3 is 2.12 bits per heavy atom. The molecule has 1 aromatic heterocycles. The largest absolute Gasteiger partial charge is 0.464 e. The maximum atomic E-state index is 12.5. The van der Waals surface area contributed by atoms with Gasteiger partial charge < -0.3 is 4.42 Å². The van der Waals surface area contributed by atoms with Crippen LogP contribution in [0.15, 0.2) is 96.1 Å². The van der Waals surface area contributed by atoms with Crippen molar-refractivity contribution in [2.24, 2.45) is 0 Å². The second kappa shape index (κ2) is 6.25. The summed E-state index contributed by atoms with van der Waals surface area (Å²) in [6.45, 7) is 4.20. The van der Waals surface area contributed by atoms with Crippen molar-refractivity contribution in [3.05, 3.63) is 114 Å². The summed E-state index contributed by atoms with van der Waals surface area (Å²) in [5, 5.41) is 1.05. The van der Waals surface area contributed by atoms with E-state index in [2.05, 4.69) is 12.6 Å². The van der Waals surface area contributed by atoms with E-state index in [0.29, 0.717) is 11.1 Å². The molecule has 0 unspecified atom stereocenters. The van der Waals surface area contributed by atoms with E-state index in [-0.39, 0.29) is 5.78 Å². The fourth-order valence-corrected chi connectivity index (χ4v) is 2.90. The van der Waals surface area contributed by atoms with Gasteiger partial charge in [0.05, 0.1) is 6.26 Å². The van der Waals surface area contributed by atoms with Crippen LogP contribution in [0.1, 0.15) is 27.0 Å². The highest BCUT2D eigenvalue weighted by atomic mass is 16.3. The molecule has 0 aliphatic heterocycles. The standard InChI is InChI=1S/C23H16O2/c1-16(20-11-12-22-21(15-20)13-14-25-22)17-7-9-19(10-8-17)23(24)18-5-3-2-4-6-18/h2-15H,1H2. The van der Waals surface area contributed by atoms with E-state index in [1.807, 2.05) is 72.8 Å². The highest BCUT2D eigenvalue weighted by Gasteiger charge is 2.10. The van der Waals surface area contributed by atoms with Crippen molar-refractivity contribution >= 4 is 22.3 Å². The molecule has 0 aliphatic carbocycles. The van der Waals surface area contributed by atoms with Gasteiger partial charge in [-0.25, -0.2) is 0 Å². The zero-order valence-electron chi connectivity index (χ0n) is 13.6. The van der Waals surface area contributed by atoms with Crippen LogP contribution in [-0.2, 0) is 0 Å². The minimum absolute atomic E-state index is 0.0255. The third-order valence-electron chi connectivity index (χ3n) is 4.33. The van der Waals surface area contributed by atoms with Crippen LogP contribution in [0, 0.1) is 0 Å².